The molecule has 2 N–H and O–H groups in total. The highest BCUT2D eigenvalue weighted by atomic mass is 19.4. The Hall–Kier alpha value is -3.63. The monoisotopic (exact) mass is 486 g/mol. The second kappa shape index (κ2) is 8.54. The van der Waals surface area contributed by atoms with E-state index in [1.807, 2.05) is 25.1 Å². The molecule has 0 saturated carbocycles. The zero-order valence-corrected chi connectivity index (χ0v) is 19.1. The Morgan fingerprint density at radius 3 is 2.66 bits per heavy atom. The number of amides is 2. The van der Waals surface area contributed by atoms with E-state index < -0.39 is 18.1 Å². The number of carbonyl (C=O) groups excluding carboxylic acids is 2. The van der Waals surface area contributed by atoms with E-state index in [1.54, 1.807) is 11.0 Å². The molecule has 0 radical (unpaired) electrons. The molecule has 2 aliphatic rings. The highest BCUT2D eigenvalue weighted by Crippen LogP contribution is 2.35. The average Bonchev–Trinajstić information content (AvgIpc) is 3.38. The lowest BCUT2D eigenvalue weighted by atomic mass is 9.93. The molecule has 11 heteroatoms. The largest absolute Gasteiger partial charge is 0.408 e. The molecule has 3 aromatic rings. The summed E-state index contributed by atoms with van der Waals surface area (Å²) in [5.41, 5.74) is 8.57. The SMILES string of the molecule is Cc1ccc2c(c1)c(C1CN(C(=O)c3ccnc(N)c3)C1)nn2CC(=O)N1CCC[C@H]1C(F)(F)F. The molecule has 0 unspecified atom stereocenters. The Kier molecular flexibility index (Phi) is 5.65. The van der Waals surface area contributed by atoms with Crippen molar-refractivity contribution in [2.75, 3.05) is 25.4 Å². The first kappa shape index (κ1) is 23.1. The van der Waals surface area contributed by atoms with Gasteiger partial charge in [-0.25, -0.2) is 4.98 Å². The standard InChI is InChI=1S/C24H25F3N6O2/c1-14-4-5-18-17(9-14)22(16-11-31(12-16)23(35)15-6-7-29-20(28)10-15)30-33(18)13-21(34)32-8-2-3-19(32)24(25,26)27/h4-7,9-10,16,19H,2-3,8,11-13H2,1H3,(H2,28,29)/t19-/m0/s1. The van der Waals surface area contributed by atoms with Crippen LogP contribution in [0, 0.1) is 6.92 Å². The molecule has 0 bridgehead atoms. The number of benzene rings is 1. The molecule has 2 aliphatic heterocycles. The molecule has 1 aromatic carbocycles. The highest BCUT2D eigenvalue weighted by molar-refractivity contribution is 5.95. The Balaban J connectivity index is 1.37. The maximum absolute atomic E-state index is 13.4. The first-order valence-corrected chi connectivity index (χ1v) is 11.5. The van der Waals surface area contributed by atoms with Crippen LogP contribution in [0.1, 0.15) is 40.4 Å². The summed E-state index contributed by atoms with van der Waals surface area (Å²) in [6, 6.07) is 7.07. The molecule has 0 aliphatic carbocycles. The second-order valence-corrected chi connectivity index (χ2v) is 9.23. The van der Waals surface area contributed by atoms with Gasteiger partial charge in [0.25, 0.3) is 5.91 Å². The zero-order chi connectivity index (χ0) is 24.9. The van der Waals surface area contributed by atoms with Crippen molar-refractivity contribution in [1.29, 1.82) is 0 Å². The lowest BCUT2D eigenvalue weighted by Gasteiger charge is -2.38. The Morgan fingerprint density at radius 2 is 1.94 bits per heavy atom. The summed E-state index contributed by atoms with van der Waals surface area (Å²) in [6.45, 7) is 2.65. The smallest absolute Gasteiger partial charge is 0.384 e. The minimum Gasteiger partial charge on any atom is -0.384 e. The molecular formula is C24H25F3N6O2. The quantitative estimate of drug-likeness (QED) is 0.611. The fraction of sp³-hybridized carbons (Fsp3) is 0.417. The summed E-state index contributed by atoms with van der Waals surface area (Å²) in [6.07, 6.45) is -2.70. The van der Waals surface area contributed by atoms with Crippen molar-refractivity contribution >= 4 is 28.5 Å². The predicted molar refractivity (Wildman–Crippen MR) is 123 cm³/mol. The van der Waals surface area contributed by atoms with E-state index in [2.05, 4.69) is 10.1 Å². The molecular weight excluding hydrogens is 461 g/mol. The van der Waals surface area contributed by atoms with Crippen LogP contribution < -0.4 is 5.73 Å². The summed E-state index contributed by atoms with van der Waals surface area (Å²) in [7, 11) is 0. The number of pyridine rings is 1. The highest BCUT2D eigenvalue weighted by Gasteiger charge is 2.47. The van der Waals surface area contributed by atoms with Gasteiger partial charge in [-0.1, -0.05) is 11.6 Å². The van der Waals surface area contributed by atoms with Gasteiger partial charge in [0.05, 0.1) is 11.2 Å². The fourth-order valence-electron chi connectivity index (χ4n) is 4.95. The summed E-state index contributed by atoms with van der Waals surface area (Å²) >= 11 is 0. The summed E-state index contributed by atoms with van der Waals surface area (Å²) in [5, 5.41) is 5.50. The van der Waals surface area contributed by atoms with Crippen LogP contribution >= 0.6 is 0 Å². The van der Waals surface area contributed by atoms with Gasteiger partial charge in [-0.3, -0.25) is 14.3 Å². The minimum absolute atomic E-state index is 0.0477. The van der Waals surface area contributed by atoms with Crippen LogP contribution in [0.5, 0.6) is 0 Å². The number of halogens is 3. The maximum Gasteiger partial charge on any atom is 0.408 e. The van der Waals surface area contributed by atoms with Crippen molar-refractivity contribution in [1.82, 2.24) is 24.6 Å². The number of carbonyl (C=O) groups is 2. The molecule has 2 amide bonds. The van der Waals surface area contributed by atoms with Crippen LogP contribution in [-0.4, -0.2) is 68.2 Å². The lowest BCUT2D eigenvalue weighted by molar-refractivity contribution is -0.183. The maximum atomic E-state index is 13.4. The number of anilines is 1. The number of aromatic nitrogens is 3. The Morgan fingerprint density at radius 1 is 1.17 bits per heavy atom. The van der Waals surface area contributed by atoms with Crippen LogP contribution in [0.25, 0.3) is 10.9 Å². The van der Waals surface area contributed by atoms with E-state index in [0.29, 0.717) is 30.6 Å². The summed E-state index contributed by atoms with van der Waals surface area (Å²) < 4.78 is 41.6. The van der Waals surface area contributed by atoms with Gasteiger partial charge in [0.1, 0.15) is 18.4 Å². The topological polar surface area (TPSA) is 97.3 Å². The second-order valence-electron chi connectivity index (χ2n) is 9.23. The first-order valence-electron chi connectivity index (χ1n) is 11.5. The summed E-state index contributed by atoms with van der Waals surface area (Å²) in [5.74, 6) is -0.531. The number of likely N-dealkylation sites (tertiary alicyclic amines) is 2. The zero-order valence-electron chi connectivity index (χ0n) is 19.1. The van der Waals surface area contributed by atoms with Crippen molar-refractivity contribution in [3.8, 4) is 0 Å². The van der Waals surface area contributed by atoms with Gasteiger partial charge in [-0.15, -0.1) is 0 Å². The molecule has 2 fully saturated rings. The summed E-state index contributed by atoms with van der Waals surface area (Å²) in [4.78, 5) is 32.1. The van der Waals surface area contributed by atoms with Crippen LogP contribution in [0.15, 0.2) is 36.5 Å². The number of nitrogens with zero attached hydrogens (tertiary/aromatic N) is 5. The van der Waals surface area contributed by atoms with E-state index in [4.69, 9.17) is 5.73 Å². The van der Waals surface area contributed by atoms with Crippen molar-refractivity contribution in [2.24, 2.45) is 0 Å². The number of fused-ring (bicyclic) bond motifs is 1. The van der Waals surface area contributed by atoms with E-state index in [-0.39, 0.29) is 37.2 Å². The molecule has 8 nitrogen and oxygen atoms in total. The minimum atomic E-state index is -4.44. The third-order valence-corrected chi connectivity index (χ3v) is 6.75. The van der Waals surface area contributed by atoms with E-state index in [1.165, 1.54) is 16.9 Å². The third kappa shape index (κ3) is 4.30. The van der Waals surface area contributed by atoms with Crippen LogP contribution in [0.3, 0.4) is 0 Å². The third-order valence-electron chi connectivity index (χ3n) is 6.75. The van der Waals surface area contributed by atoms with E-state index in [9.17, 15) is 22.8 Å². The first-order chi connectivity index (χ1) is 16.6. The molecule has 5 rings (SSSR count). The molecule has 1 atom stereocenters. The number of nitrogen functional groups attached to an aromatic ring is 1. The van der Waals surface area contributed by atoms with Crippen LogP contribution in [-0.2, 0) is 11.3 Å². The van der Waals surface area contributed by atoms with Crippen LogP contribution in [0.2, 0.25) is 0 Å². The van der Waals surface area contributed by atoms with Crippen molar-refractivity contribution in [2.45, 2.75) is 44.4 Å². The van der Waals surface area contributed by atoms with E-state index >= 15 is 0 Å². The van der Waals surface area contributed by atoms with Crippen molar-refractivity contribution < 1.29 is 22.8 Å². The number of alkyl halides is 3. The van der Waals surface area contributed by atoms with Crippen LogP contribution in [0.4, 0.5) is 19.0 Å². The van der Waals surface area contributed by atoms with Gasteiger partial charge in [0.15, 0.2) is 0 Å². The number of nitrogens with two attached hydrogens (primary N) is 1. The molecule has 4 heterocycles. The fourth-order valence-corrected chi connectivity index (χ4v) is 4.95. The van der Waals surface area contributed by atoms with Gasteiger partial charge in [-0.05, 0) is 44.0 Å². The molecule has 184 valence electrons. The van der Waals surface area contributed by atoms with Gasteiger partial charge in [0.2, 0.25) is 5.91 Å². The van der Waals surface area contributed by atoms with Gasteiger partial charge in [0, 0.05) is 42.7 Å². The van der Waals surface area contributed by atoms with Gasteiger partial charge in [-0.2, -0.15) is 18.3 Å². The average molecular weight is 486 g/mol. The molecule has 2 aromatic heterocycles. The number of aryl methyl sites for hydroxylation is 1. The predicted octanol–water partition coefficient (Wildman–Crippen LogP) is 3.11. The Bertz CT molecular complexity index is 1300. The normalized spacial score (nSPS) is 18.8. The molecule has 0 spiro atoms. The van der Waals surface area contributed by atoms with Gasteiger partial charge < -0.3 is 15.5 Å². The Labute approximate surface area is 199 Å². The van der Waals surface area contributed by atoms with Crippen molar-refractivity contribution in [3.63, 3.8) is 0 Å². The van der Waals surface area contributed by atoms with E-state index in [0.717, 1.165) is 21.5 Å². The molecule has 2 saturated heterocycles. The number of hydrogen-bond acceptors (Lipinski definition) is 5. The molecule has 35 heavy (non-hydrogen) atoms. The number of hydrogen-bond donors (Lipinski definition) is 1. The number of rotatable bonds is 4. The van der Waals surface area contributed by atoms with Gasteiger partial charge >= 0.3 is 6.18 Å². The lowest BCUT2D eigenvalue weighted by Crippen LogP contribution is -2.48. The van der Waals surface area contributed by atoms with Crippen molar-refractivity contribution in [3.05, 3.63) is 53.3 Å².